The van der Waals surface area contributed by atoms with Gasteiger partial charge in [-0.3, -0.25) is 0 Å². The van der Waals surface area contributed by atoms with E-state index >= 15 is 0 Å². The van der Waals surface area contributed by atoms with Gasteiger partial charge in [-0.1, -0.05) is 6.92 Å². The monoisotopic (exact) mass is 178 g/mol. The van der Waals surface area contributed by atoms with Crippen molar-refractivity contribution in [3.8, 4) is 0 Å². The molecule has 2 heterocycles. The molecule has 0 amide bonds. The largest absolute Gasteiger partial charge is 0.398 e. The lowest BCUT2D eigenvalue weighted by molar-refractivity contribution is 1.06. The van der Waals surface area contributed by atoms with E-state index in [1.807, 2.05) is 17.5 Å². The van der Waals surface area contributed by atoms with Crippen LogP contribution in [0.2, 0.25) is 0 Å². The fourth-order valence-electron chi connectivity index (χ4n) is 1.21. The third-order valence-electron chi connectivity index (χ3n) is 1.89. The van der Waals surface area contributed by atoms with E-state index in [2.05, 4.69) is 11.9 Å². The maximum Gasteiger partial charge on any atom is 0.125 e. The Morgan fingerprint density at radius 3 is 3.17 bits per heavy atom. The van der Waals surface area contributed by atoms with Crippen LogP contribution in [0.25, 0.3) is 10.2 Å². The Bertz CT molecular complexity index is 406. The number of aryl methyl sites for hydroxylation is 1. The number of rotatable bonds is 1. The molecule has 0 spiro atoms. The lowest BCUT2D eigenvalue weighted by Crippen LogP contribution is -1.91. The van der Waals surface area contributed by atoms with E-state index in [-0.39, 0.29) is 0 Å². The smallest absolute Gasteiger partial charge is 0.125 e. The normalized spacial score (nSPS) is 10.8. The van der Waals surface area contributed by atoms with Crippen LogP contribution in [-0.2, 0) is 6.42 Å². The molecule has 2 aromatic heterocycles. The number of thiophene rings is 1. The van der Waals surface area contributed by atoms with Crippen LogP contribution >= 0.6 is 11.3 Å². The molecule has 0 saturated heterocycles. The van der Waals surface area contributed by atoms with Gasteiger partial charge in [-0.25, -0.2) is 4.98 Å². The molecule has 0 aromatic carbocycles. The molecule has 0 fully saturated rings. The average Bonchev–Trinajstić information content (AvgIpc) is 2.52. The Labute approximate surface area is 75.0 Å². The van der Waals surface area contributed by atoms with E-state index in [1.54, 1.807) is 11.3 Å². The third kappa shape index (κ3) is 1.06. The van der Waals surface area contributed by atoms with E-state index < -0.39 is 0 Å². The second-order valence-electron chi connectivity index (χ2n) is 2.70. The maximum atomic E-state index is 5.84. The number of anilines is 1. The minimum Gasteiger partial charge on any atom is -0.398 e. The summed E-state index contributed by atoms with van der Waals surface area (Å²) < 4.78 is 0. The number of aromatic nitrogens is 1. The molecule has 3 heteroatoms. The lowest BCUT2D eigenvalue weighted by atomic mass is 10.2. The van der Waals surface area contributed by atoms with E-state index in [1.165, 1.54) is 0 Å². The van der Waals surface area contributed by atoms with Crippen molar-refractivity contribution in [2.75, 3.05) is 5.73 Å². The molecule has 0 aliphatic heterocycles. The highest BCUT2D eigenvalue weighted by Gasteiger charge is 2.02. The van der Waals surface area contributed by atoms with Crippen molar-refractivity contribution >= 4 is 27.2 Å². The molecule has 12 heavy (non-hydrogen) atoms. The van der Waals surface area contributed by atoms with Crippen molar-refractivity contribution in [2.24, 2.45) is 0 Å². The van der Waals surface area contributed by atoms with Crippen molar-refractivity contribution < 1.29 is 0 Å². The van der Waals surface area contributed by atoms with Gasteiger partial charge in [0, 0.05) is 16.8 Å². The Kier molecular flexibility index (Phi) is 1.73. The molecule has 2 nitrogen and oxygen atoms in total. The van der Waals surface area contributed by atoms with E-state index in [0.29, 0.717) is 0 Å². The summed E-state index contributed by atoms with van der Waals surface area (Å²) in [5.41, 5.74) is 7.76. The molecule has 2 aromatic rings. The lowest BCUT2D eigenvalue weighted by Gasteiger charge is -1.99. The fourth-order valence-corrected chi connectivity index (χ4v) is 2.02. The maximum absolute atomic E-state index is 5.84. The predicted molar refractivity (Wildman–Crippen MR) is 53.4 cm³/mol. The standard InChI is InChI=1S/C9H10N2S/c1-2-6-5-8(10)7-3-4-12-9(7)11-6/h3-5H,2H2,1H3,(H2,10,11). The van der Waals surface area contributed by atoms with Crippen LogP contribution in [0, 0.1) is 0 Å². The summed E-state index contributed by atoms with van der Waals surface area (Å²) in [6, 6.07) is 3.97. The predicted octanol–water partition coefficient (Wildman–Crippen LogP) is 2.44. The highest BCUT2D eigenvalue weighted by molar-refractivity contribution is 7.16. The van der Waals surface area contributed by atoms with Gasteiger partial charge >= 0.3 is 0 Å². The Morgan fingerprint density at radius 2 is 2.42 bits per heavy atom. The van der Waals surface area contributed by atoms with Gasteiger partial charge in [-0.05, 0) is 23.9 Å². The summed E-state index contributed by atoms with van der Waals surface area (Å²) in [5.74, 6) is 0. The van der Waals surface area contributed by atoms with Crippen molar-refractivity contribution in [1.82, 2.24) is 4.98 Å². The second-order valence-corrected chi connectivity index (χ2v) is 3.59. The molecular weight excluding hydrogens is 168 g/mol. The molecule has 2 rings (SSSR count). The number of fused-ring (bicyclic) bond motifs is 1. The van der Waals surface area contributed by atoms with Crippen LogP contribution in [-0.4, -0.2) is 4.98 Å². The van der Waals surface area contributed by atoms with E-state index in [9.17, 15) is 0 Å². The third-order valence-corrected chi connectivity index (χ3v) is 2.69. The average molecular weight is 178 g/mol. The molecule has 2 N–H and O–H groups in total. The van der Waals surface area contributed by atoms with Gasteiger partial charge in [0.1, 0.15) is 4.83 Å². The first-order valence-electron chi connectivity index (χ1n) is 3.94. The zero-order valence-electron chi connectivity index (χ0n) is 6.87. The molecule has 0 unspecified atom stereocenters. The summed E-state index contributed by atoms with van der Waals surface area (Å²) in [7, 11) is 0. The van der Waals surface area contributed by atoms with Crippen LogP contribution < -0.4 is 5.73 Å². The van der Waals surface area contributed by atoms with Gasteiger partial charge < -0.3 is 5.73 Å². The van der Waals surface area contributed by atoms with Crippen LogP contribution in [0.1, 0.15) is 12.6 Å². The molecule has 0 saturated carbocycles. The van der Waals surface area contributed by atoms with Gasteiger partial charge in [-0.2, -0.15) is 0 Å². The Hall–Kier alpha value is -1.09. The van der Waals surface area contributed by atoms with Crippen molar-refractivity contribution in [3.05, 3.63) is 23.2 Å². The SMILES string of the molecule is CCc1cc(N)c2ccsc2n1. The zero-order valence-corrected chi connectivity index (χ0v) is 7.69. The van der Waals surface area contributed by atoms with E-state index in [0.717, 1.165) is 28.0 Å². The quantitative estimate of drug-likeness (QED) is 0.728. The highest BCUT2D eigenvalue weighted by atomic mass is 32.1. The molecule has 0 aliphatic rings. The number of nitrogens with zero attached hydrogens (tertiary/aromatic N) is 1. The summed E-state index contributed by atoms with van der Waals surface area (Å²) in [4.78, 5) is 5.50. The Balaban J connectivity index is 2.75. The summed E-state index contributed by atoms with van der Waals surface area (Å²) in [6.45, 7) is 2.08. The molecule has 0 bridgehead atoms. The minimum atomic E-state index is 0.845. The number of hydrogen-bond acceptors (Lipinski definition) is 3. The highest BCUT2D eigenvalue weighted by Crippen LogP contribution is 2.24. The van der Waals surface area contributed by atoms with Gasteiger partial charge in [0.2, 0.25) is 0 Å². The molecular formula is C9H10N2S. The molecule has 0 aliphatic carbocycles. The van der Waals surface area contributed by atoms with Gasteiger partial charge in [0.15, 0.2) is 0 Å². The first-order chi connectivity index (χ1) is 5.81. The minimum absolute atomic E-state index is 0.845. The van der Waals surface area contributed by atoms with E-state index in [4.69, 9.17) is 5.73 Å². The van der Waals surface area contributed by atoms with Crippen molar-refractivity contribution in [1.29, 1.82) is 0 Å². The number of nitrogen functional groups attached to an aromatic ring is 1. The molecule has 0 atom stereocenters. The van der Waals surface area contributed by atoms with Crippen molar-refractivity contribution in [2.45, 2.75) is 13.3 Å². The summed E-state index contributed by atoms with van der Waals surface area (Å²) in [5, 5.41) is 3.10. The first kappa shape index (κ1) is 7.55. The van der Waals surface area contributed by atoms with Crippen LogP contribution in [0.15, 0.2) is 17.5 Å². The molecule has 62 valence electrons. The van der Waals surface area contributed by atoms with Crippen LogP contribution in [0.3, 0.4) is 0 Å². The van der Waals surface area contributed by atoms with Crippen LogP contribution in [0.5, 0.6) is 0 Å². The number of hydrogen-bond donors (Lipinski definition) is 1. The molecule has 0 radical (unpaired) electrons. The second kappa shape index (κ2) is 2.75. The fraction of sp³-hybridized carbons (Fsp3) is 0.222. The van der Waals surface area contributed by atoms with Gasteiger partial charge in [0.25, 0.3) is 0 Å². The number of pyridine rings is 1. The van der Waals surface area contributed by atoms with Gasteiger partial charge in [-0.15, -0.1) is 11.3 Å². The first-order valence-corrected chi connectivity index (χ1v) is 4.82. The zero-order chi connectivity index (χ0) is 8.55. The van der Waals surface area contributed by atoms with Crippen LogP contribution in [0.4, 0.5) is 5.69 Å². The van der Waals surface area contributed by atoms with Crippen molar-refractivity contribution in [3.63, 3.8) is 0 Å². The number of nitrogens with two attached hydrogens (primary N) is 1. The summed E-state index contributed by atoms with van der Waals surface area (Å²) >= 11 is 1.64. The topological polar surface area (TPSA) is 38.9 Å². The summed E-state index contributed by atoms with van der Waals surface area (Å²) in [6.07, 6.45) is 0.942. The van der Waals surface area contributed by atoms with Gasteiger partial charge in [0.05, 0.1) is 0 Å². The Morgan fingerprint density at radius 1 is 1.58 bits per heavy atom.